The summed E-state index contributed by atoms with van der Waals surface area (Å²) in [5.74, 6) is -0.286. The lowest BCUT2D eigenvalue weighted by molar-refractivity contribution is 0.456. The molecule has 0 radical (unpaired) electrons. The second kappa shape index (κ2) is 8.76. The van der Waals surface area contributed by atoms with Gasteiger partial charge in [0.2, 0.25) is 10.0 Å². The molecule has 1 aliphatic heterocycles. The number of hydrogen-bond donors (Lipinski definition) is 1. The molecule has 5 rings (SSSR count). The van der Waals surface area contributed by atoms with E-state index >= 15 is 0 Å². The molecule has 0 saturated carbocycles. The van der Waals surface area contributed by atoms with Gasteiger partial charge in [-0.1, -0.05) is 6.92 Å². The van der Waals surface area contributed by atoms with Crippen LogP contribution >= 0.6 is 0 Å². The number of nitrogens with one attached hydrogen (secondary N) is 1. The molecule has 1 aliphatic rings. The Morgan fingerprint density at radius 2 is 1.91 bits per heavy atom. The maximum Gasteiger partial charge on any atom is 0.244 e. The molecule has 1 N–H and O–H groups in total. The van der Waals surface area contributed by atoms with Gasteiger partial charge in [0, 0.05) is 42.4 Å². The topological polar surface area (TPSA) is 85.0 Å². The average molecular weight is 497 g/mol. The number of halogens is 1. The highest BCUT2D eigenvalue weighted by Crippen LogP contribution is 2.33. The first kappa shape index (κ1) is 23.5. The molecular weight excluding hydrogens is 467 g/mol. The Hall–Kier alpha value is -3.24. The summed E-state index contributed by atoms with van der Waals surface area (Å²) in [5, 5.41) is 9.63. The van der Waals surface area contributed by atoms with Crippen LogP contribution < -0.4 is 9.62 Å². The number of sulfonamides is 1. The van der Waals surface area contributed by atoms with Crippen LogP contribution in [0.3, 0.4) is 0 Å². The van der Waals surface area contributed by atoms with Crippen molar-refractivity contribution >= 4 is 26.6 Å². The molecule has 8 nitrogen and oxygen atoms in total. The van der Waals surface area contributed by atoms with Crippen LogP contribution in [0.4, 0.5) is 10.1 Å². The Kier molecular flexibility index (Phi) is 5.88. The van der Waals surface area contributed by atoms with Crippen LogP contribution in [0, 0.1) is 12.7 Å². The molecule has 0 bridgehead atoms. The Morgan fingerprint density at radius 1 is 1.14 bits per heavy atom. The standard InChI is InChI=1S/C25H29FN6O2S/c1-4-10-31-16-22(15-27-31)35(33,34)29-25(3)9-11-30(17-25)23-13-19-14-28-32(24(19)12-18(23)2)21-7-5-20(26)6-8-21/h5-8,12-16,29H,4,9-11,17H2,1-3H3. The molecule has 0 aliphatic carbocycles. The van der Waals surface area contributed by atoms with Gasteiger partial charge < -0.3 is 4.90 Å². The fourth-order valence-corrected chi connectivity index (χ4v) is 6.14. The van der Waals surface area contributed by atoms with E-state index in [4.69, 9.17) is 0 Å². The van der Waals surface area contributed by atoms with E-state index in [-0.39, 0.29) is 10.7 Å². The van der Waals surface area contributed by atoms with Crippen LogP contribution in [0.15, 0.2) is 59.9 Å². The van der Waals surface area contributed by atoms with Gasteiger partial charge in [0.25, 0.3) is 0 Å². The zero-order valence-corrected chi connectivity index (χ0v) is 20.9. The monoisotopic (exact) mass is 496 g/mol. The van der Waals surface area contributed by atoms with E-state index in [1.54, 1.807) is 33.9 Å². The molecule has 1 fully saturated rings. The fraction of sp³-hybridized carbons (Fsp3) is 0.360. The van der Waals surface area contributed by atoms with Gasteiger partial charge in [-0.3, -0.25) is 4.68 Å². The van der Waals surface area contributed by atoms with Crippen molar-refractivity contribution in [3.05, 3.63) is 66.4 Å². The number of fused-ring (bicyclic) bond motifs is 1. The van der Waals surface area contributed by atoms with Crippen molar-refractivity contribution < 1.29 is 12.8 Å². The van der Waals surface area contributed by atoms with Crippen molar-refractivity contribution in [2.75, 3.05) is 18.0 Å². The highest BCUT2D eigenvalue weighted by atomic mass is 32.2. The summed E-state index contributed by atoms with van der Waals surface area (Å²) in [7, 11) is -3.68. The molecule has 0 amide bonds. The second-order valence-corrected chi connectivity index (χ2v) is 11.2. The number of anilines is 1. The average Bonchev–Trinajstić information content (AvgIpc) is 3.53. The summed E-state index contributed by atoms with van der Waals surface area (Å²) in [5.41, 5.74) is 3.23. The van der Waals surface area contributed by atoms with Crippen molar-refractivity contribution in [1.29, 1.82) is 0 Å². The van der Waals surface area contributed by atoms with Gasteiger partial charge in [-0.2, -0.15) is 10.2 Å². The third-order valence-corrected chi connectivity index (χ3v) is 8.12. The van der Waals surface area contributed by atoms with E-state index in [0.29, 0.717) is 19.5 Å². The minimum absolute atomic E-state index is 0.191. The predicted octanol–water partition coefficient (Wildman–Crippen LogP) is 4.03. The first-order chi connectivity index (χ1) is 16.7. The van der Waals surface area contributed by atoms with Gasteiger partial charge in [-0.25, -0.2) is 22.2 Å². The first-order valence-electron chi connectivity index (χ1n) is 11.7. The van der Waals surface area contributed by atoms with E-state index in [2.05, 4.69) is 32.0 Å². The van der Waals surface area contributed by atoms with Crippen molar-refractivity contribution in [3.63, 3.8) is 0 Å². The Morgan fingerprint density at radius 3 is 2.66 bits per heavy atom. The molecule has 4 aromatic rings. The zero-order chi connectivity index (χ0) is 24.8. The van der Waals surface area contributed by atoms with Crippen molar-refractivity contribution in [1.82, 2.24) is 24.3 Å². The van der Waals surface area contributed by atoms with Gasteiger partial charge in [-0.05, 0) is 68.7 Å². The molecule has 1 atom stereocenters. The molecule has 1 unspecified atom stereocenters. The summed E-state index contributed by atoms with van der Waals surface area (Å²) in [6, 6.07) is 10.4. The van der Waals surface area contributed by atoms with E-state index < -0.39 is 15.6 Å². The van der Waals surface area contributed by atoms with Gasteiger partial charge >= 0.3 is 0 Å². The van der Waals surface area contributed by atoms with Crippen LogP contribution in [-0.4, -0.2) is 46.6 Å². The lowest BCUT2D eigenvalue weighted by atomic mass is 10.0. The minimum atomic E-state index is -3.68. The lowest BCUT2D eigenvalue weighted by Gasteiger charge is -2.27. The van der Waals surface area contributed by atoms with E-state index in [0.717, 1.165) is 40.8 Å². The smallest absolute Gasteiger partial charge is 0.244 e. The first-order valence-corrected chi connectivity index (χ1v) is 13.2. The molecule has 35 heavy (non-hydrogen) atoms. The van der Waals surface area contributed by atoms with E-state index in [9.17, 15) is 12.8 Å². The van der Waals surface area contributed by atoms with E-state index in [1.807, 2.05) is 20.8 Å². The molecule has 184 valence electrons. The van der Waals surface area contributed by atoms with Gasteiger partial charge in [0.1, 0.15) is 10.7 Å². The molecule has 1 saturated heterocycles. The van der Waals surface area contributed by atoms with Gasteiger partial charge in [-0.15, -0.1) is 0 Å². The van der Waals surface area contributed by atoms with Crippen molar-refractivity contribution in [2.24, 2.45) is 0 Å². The van der Waals surface area contributed by atoms with Crippen LogP contribution in [0.5, 0.6) is 0 Å². The Labute approximate surface area is 204 Å². The largest absolute Gasteiger partial charge is 0.369 e. The number of aromatic nitrogens is 4. The minimum Gasteiger partial charge on any atom is -0.369 e. The SMILES string of the molecule is CCCn1cc(S(=O)(=O)NC2(C)CCN(c3cc4cnn(-c5ccc(F)cc5)c4cc3C)C2)cn1. The summed E-state index contributed by atoms with van der Waals surface area (Å²) >= 11 is 0. The third kappa shape index (κ3) is 4.55. The van der Waals surface area contributed by atoms with Crippen LogP contribution in [-0.2, 0) is 16.6 Å². The van der Waals surface area contributed by atoms with Crippen LogP contribution in [0.25, 0.3) is 16.6 Å². The predicted molar refractivity (Wildman–Crippen MR) is 134 cm³/mol. The third-order valence-electron chi connectivity index (χ3n) is 6.52. The lowest BCUT2D eigenvalue weighted by Crippen LogP contribution is -2.47. The van der Waals surface area contributed by atoms with Crippen molar-refractivity contribution in [2.45, 2.75) is 50.6 Å². The van der Waals surface area contributed by atoms with Crippen LogP contribution in [0.2, 0.25) is 0 Å². The summed E-state index contributed by atoms with van der Waals surface area (Å²) in [4.78, 5) is 2.41. The van der Waals surface area contributed by atoms with Crippen molar-refractivity contribution in [3.8, 4) is 5.69 Å². The number of aryl methyl sites for hydroxylation is 2. The second-order valence-electron chi connectivity index (χ2n) is 9.51. The molecule has 10 heteroatoms. The zero-order valence-electron chi connectivity index (χ0n) is 20.1. The molecule has 0 spiro atoms. The molecule has 3 heterocycles. The Bertz CT molecular complexity index is 1480. The van der Waals surface area contributed by atoms with Crippen LogP contribution in [0.1, 0.15) is 32.3 Å². The number of rotatable bonds is 7. The maximum absolute atomic E-state index is 13.3. The normalized spacial score (nSPS) is 18.6. The Balaban J connectivity index is 1.37. The maximum atomic E-state index is 13.3. The number of nitrogens with zero attached hydrogens (tertiary/aromatic N) is 5. The summed E-state index contributed by atoms with van der Waals surface area (Å²) < 4.78 is 45.8. The number of hydrogen-bond acceptors (Lipinski definition) is 5. The highest BCUT2D eigenvalue weighted by Gasteiger charge is 2.38. The molecule has 2 aromatic carbocycles. The fourth-order valence-electron chi connectivity index (χ4n) is 4.76. The summed E-state index contributed by atoms with van der Waals surface area (Å²) in [6.45, 7) is 7.97. The quantitative estimate of drug-likeness (QED) is 0.418. The summed E-state index contributed by atoms with van der Waals surface area (Å²) in [6.07, 6.45) is 6.35. The van der Waals surface area contributed by atoms with E-state index in [1.165, 1.54) is 18.3 Å². The van der Waals surface area contributed by atoms with Gasteiger partial charge in [0.05, 0.1) is 23.6 Å². The number of benzene rings is 2. The highest BCUT2D eigenvalue weighted by molar-refractivity contribution is 7.89. The molecular formula is C25H29FN6O2S. The van der Waals surface area contributed by atoms with Gasteiger partial charge in [0.15, 0.2) is 0 Å². The molecule has 2 aromatic heterocycles.